The first-order chi connectivity index (χ1) is 11.6. The van der Waals surface area contributed by atoms with E-state index in [0.717, 1.165) is 50.0 Å². The molecule has 0 aliphatic carbocycles. The second-order valence-electron chi connectivity index (χ2n) is 5.74. The van der Waals surface area contributed by atoms with Crippen molar-refractivity contribution < 1.29 is 9.53 Å². The van der Waals surface area contributed by atoms with Crippen LogP contribution < -0.4 is 10.1 Å². The Bertz CT molecular complexity index is 572. The van der Waals surface area contributed by atoms with Gasteiger partial charge in [-0.2, -0.15) is 0 Å². The van der Waals surface area contributed by atoms with Gasteiger partial charge in [0.25, 0.3) is 0 Å². The summed E-state index contributed by atoms with van der Waals surface area (Å²) in [4.78, 5) is 20.3. The number of piperazine rings is 1. The molecule has 0 aromatic heterocycles. The zero-order valence-corrected chi connectivity index (χ0v) is 17.7. The second-order valence-corrected chi connectivity index (χ2v) is 5.74. The molecule has 1 fully saturated rings. The molecule has 1 aliphatic heterocycles. The van der Waals surface area contributed by atoms with Gasteiger partial charge in [0, 0.05) is 39.6 Å². The number of hydrogen-bond acceptors (Lipinski definition) is 3. The molecule has 1 saturated heterocycles. The van der Waals surface area contributed by atoms with Crippen LogP contribution in [0.15, 0.2) is 29.3 Å². The van der Waals surface area contributed by atoms with Crippen LogP contribution in [0.25, 0.3) is 0 Å². The highest BCUT2D eigenvalue weighted by Gasteiger charge is 2.20. The predicted molar refractivity (Wildman–Crippen MR) is 112 cm³/mol. The lowest BCUT2D eigenvalue weighted by Gasteiger charge is -2.36. The molecule has 1 N–H and O–H groups in total. The molecule has 25 heavy (non-hydrogen) atoms. The van der Waals surface area contributed by atoms with Gasteiger partial charge in [0.2, 0.25) is 5.91 Å². The van der Waals surface area contributed by atoms with Crippen molar-refractivity contribution in [2.45, 2.75) is 27.3 Å². The van der Waals surface area contributed by atoms with Crippen LogP contribution in [-0.4, -0.2) is 61.0 Å². The van der Waals surface area contributed by atoms with Gasteiger partial charge in [0.15, 0.2) is 5.96 Å². The van der Waals surface area contributed by atoms with Gasteiger partial charge in [-0.05, 0) is 31.5 Å². The summed E-state index contributed by atoms with van der Waals surface area (Å²) in [7, 11) is 0. The van der Waals surface area contributed by atoms with Gasteiger partial charge in [-0.25, -0.2) is 4.99 Å². The summed E-state index contributed by atoms with van der Waals surface area (Å²) in [6, 6.07) is 8.05. The number of benzene rings is 1. The van der Waals surface area contributed by atoms with Crippen molar-refractivity contribution in [2.75, 3.05) is 39.3 Å². The minimum Gasteiger partial charge on any atom is -0.494 e. The Morgan fingerprint density at radius 3 is 2.48 bits per heavy atom. The van der Waals surface area contributed by atoms with Crippen molar-refractivity contribution in [1.29, 1.82) is 0 Å². The van der Waals surface area contributed by atoms with E-state index in [9.17, 15) is 4.79 Å². The molecule has 0 atom stereocenters. The van der Waals surface area contributed by atoms with Gasteiger partial charge in [-0.1, -0.05) is 12.1 Å². The number of hydrogen-bond donors (Lipinski definition) is 1. The topological polar surface area (TPSA) is 57.2 Å². The lowest BCUT2D eigenvalue weighted by Crippen LogP contribution is -2.53. The summed E-state index contributed by atoms with van der Waals surface area (Å²) >= 11 is 0. The Labute approximate surface area is 167 Å². The van der Waals surface area contributed by atoms with Crippen LogP contribution in [0.1, 0.15) is 26.3 Å². The van der Waals surface area contributed by atoms with E-state index in [0.29, 0.717) is 13.2 Å². The summed E-state index contributed by atoms with van der Waals surface area (Å²) < 4.78 is 5.54. The molecule has 7 heteroatoms. The first-order valence-electron chi connectivity index (χ1n) is 8.64. The fourth-order valence-corrected chi connectivity index (χ4v) is 2.73. The maximum absolute atomic E-state index is 11.4. The summed E-state index contributed by atoms with van der Waals surface area (Å²) in [5.41, 5.74) is 1.12. The summed E-state index contributed by atoms with van der Waals surface area (Å²) in [5.74, 6) is 1.93. The minimum absolute atomic E-state index is 0. The number of rotatable bonds is 5. The van der Waals surface area contributed by atoms with Crippen LogP contribution in [0, 0.1) is 0 Å². The number of halogens is 1. The van der Waals surface area contributed by atoms with Crippen LogP contribution in [-0.2, 0) is 11.3 Å². The first kappa shape index (κ1) is 21.5. The van der Waals surface area contributed by atoms with E-state index in [1.54, 1.807) is 6.92 Å². The molecule has 0 bridgehead atoms. The van der Waals surface area contributed by atoms with Crippen LogP contribution in [0.5, 0.6) is 5.75 Å². The molecule has 140 valence electrons. The molecule has 1 amide bonds. The standard InChI is InChI=1S/C18H28N4O2.HI/c1-4-19-18(22-11-9-21(10-12-22)15(3)23)20-14-16-7-6-8-17(13-16)24-5-2;/h6-8,13H,4-5,9-12,14H2,1-3H3,(H,19,20);1H. The maximum atomic E-state index is 11.4. The molecule has 0 radical (unpaired) electrons. The van der Waals surface area contributed by atoms with E-state index in [4.69, 9.17) is 9.73 Å². The van der Waals surface area contributed by atoms with Crippen LogP contribution in [0.4, 0.5) is 0 Å². The van der Waals surface area contributed by atoms with Crippen molar-refractivity contribution in [2.24, 2.45) is 4.99 Å². The van der Waals surface area contributed by atoms with Crippen LogP contribution >= 0.6 is 24.0 Å². The van der Waals surface area contributed by atoms with E-state index >= 15 is 0 Å². The molecule has 1 aromatic rings. The monoisotopic (exact) mass is 460 g/mol. The molecule has 6 nitrogen and oxygen atoms in total. The Morgan fingerprint density at radius 1 is 1.20 bits per heavy atom. The molecule has 1 heterocycles. The molecular weight excluding hydrogens is 431 g/mol. The van der Waals surface area contributed by atoms with E-state index < -0.39 is 0 Å². The number of ether oxygens (including phenoxy) is 1. The fraction of sp³-hybridized carbons (Fsp3) is 0.556. The molecule has 0 unspecified atom stereocenters. The van der Waals surface area contributed by atoms with Crippen molar-refractivity contribution in [3.63, 3.8) is 0 Å². The van der Waals surface area contributed by atoms with Gasteiger partial charge in [0.1, 0.15) is 5.75 Å². The van der Waals surface area contributed by atoms with Gasteiger partial charge in [-0.3, -0.25) is 4.79 Å². The Kier molecular flexibility index (Phi) is 9.62. The number of nitrogens with one attached hydrogen (secondary N) is 1. The van der Waals surface area contributed by atoms with Gasteiger partial charge in [0.05, 0.1) is 13.2 Å². The van der Waals surface area contributed by atoms with Gasteiger partial charge in [-0.15, -0.1) is 24.0 Å². The predicted octanol–water partition coefficient (Wildman–Crippen LogP) is 2.33. The third-order valence-corrected chi connectivity index (χ3v) is 3.98. The lowest BCUT2D eigenvalue weighted by molar-refractivity contribution is -0.130. The molecule has 1 aromatic carbocycles. The van der Waals surface area contributed by atoms with Crippen LogP contribution in [0.2, 0.25) is 0 Å². The first-order valence-corrected chi connectivity index (χ1v) is 8.64. The van der Waals surface area contributed by atoms with E-state index in [1.165, 1.54) is 0 Å². The van der Waals surface area contributed by atoms with Gasteiger partial charge < -0.3 is 19.9 Å². The Hall–Kier alpha value is -1.51. The summed E-state index contributed by atoms with van der Waals surface area (Å²) in [6.07, 6.45) is 0. The second kappa shape index (κ2) is 11.2. The SMILES string of the molecule is CCNC(=NCc1cccc(OCC)c1)N1CCN(C(C)=O)CC1.I. The third kappa shape index (κ3) is 6.72. The number of amides is 1. The average Bonchev–Trinajstić information content (AvgIpc) is 2.59. The molecule has 1 aliphatic rings. The maximum Gasteiger partial charge on any atom is 0.219 e. The van der Waals surface area contributed by atoms with E-state index in [2.05, 4.69) is 23.2 Å². The summed E-state index contributed by atoms with van der Waals surface area (Å²) in [5, 5.41) is 3.35. The van der Waals surface area contributed by atoms with Crippen molar-refractivity contribution in [3.05, 3.63) is 29.8 Å². The molecule has 0 spiro atoms. The minimum atomic E-state index is 0. The van der Waals surface area contributed by atoms with Crippen molar-refractivity contribution in [1.82, 2.24) is 15.1 Å². The molecular formula is C18H29IN4O2. The third-order valence-electron chi connectivity index (χ3n) is 3.98. The van der Waals surface area contributed by atoms with Crippen molar-refractivity contribution in [3.8, 4) is 5.75 Å². The van der Waals surface area contributed by atoms with E-state index in [-0.39, 0.29) is 29.9 Å². The molecule has 0 saturated carbocycles. The fourth-order valence-electron chi connectivity index (χ4n) is 2.73. The number of carbonyl (C=O) groups excluding carboxylic acids is 1. The Morgan fingerprint density at radius 2 is 1.88 bits per heavy atom. The van der Waals surface area contributed by atoms with Gasteiger partial charge >= 0.3 is 0 Å². The quantitative estimate of drug-likeness (QED) is 0.417. The lowest BCUT2D eigenvalue weighted by atomic mass is 10.2. The normalized spacial score (nSPS) is 14.8. The zero-order valence-electron chi connectivity index (χ0n) is 15.3. The highest BCUT2D eigenvalue weighted by atomic mass is 127. The number of carbonyl (C=O) groups is 1. The molecule has 2 rings (SSSR count). The van der Waals surface area contributed by atoms with Crippen LogP contribution in [0.3, 0.4) is 0 Å². The largest absolute Gasteiger partial charge is 0.494 e. The highest BCUT2D eigenvalue weighted by molar-refractivity contribution is 14.0. The van der Waals surface area contributed by atoms with Crippen molar-refractivity contribution >= 4 is 35.8 Å². The average molecular weight is 460 g/mol. The smallest absolute Gasteiger partial charge is 0.219 e. The summed E-state index contributed by atoms with van der Waals surface area (Å²) in [6.45, 7) is 10.9. The number of guanidine groups is 1. The number of nitrogens with zero attached hydrogens (tertiary/aromatic N) is 3. The number of aliphatic imine (C=N–C) groups is 1. The zero-order chi connectivity index (χ0) is 17.4. The highest BCUT2D eigenvalue weighted by Crippen LogP contribution is 2.14. The Balaban J connectivity index is 0.00000312. The van der Waals surface area contributed by atoms with E-state index in [1.807, 2.05) is 30.0 Å².